The van der Waals surface area contributed by atoms with E-state index in [2.05, 4.69) is 9.97 Å². The molecule has 1 amide bonds. The Kier molecular flexibility index (Phi) is 5.55. The summed E-state index contributed by atoms with van der Waals surface area (Å²) in [4.78, 5) is 21.7. The van der Waals surface area contributed by atoms with E-state index < -0.39 is 0 Å². The molecule has 1 atom stereocenters. The maximum atomic E-state index is 11.9. The maximum Gasteiger partial charge on any atom is 0.316 e. The molecule has 1 fully saturated rings. The van der Waals surface area contributed by atoms with Crippen molar-refractivity contribution in [3.05, 3.63) is 17.4 Å². The minimum absolute atomic E-state index is 0.00262. The molecule has 1 aliphatic rings. The van der Waals surface area contributed by atoms with Crippen molar-refractivity contribution in [1.82, 2.24) is 14.9 Å². The van der Waals surface area contributed by atoms with Gasteiger partial charge in [-0.2, -0.15) is 0 Å². The first kappa shape index (κ1) is 15.0. The van der Waals surface area contributed by atoms with Crippen molar-refractivity contribution in [2.45, 2.75) is 25.9 Å². The number of likely N-dealkylation sites (tertiary alicyclic amines) is 1. The van der Waals surface area contributed by atoms with Gasteiger partial charge in [0.25, 0.3) is 0 Å². The Balaban J connectivity index is 1.86. The average Bonchev–Trinajstić information content (AvgIpc) is 2.47. The molecule has 0 radical (unpaired) electrons. The highest BCUT2D eigenvalue weighted by Gasteiger charge is 2.25. The lowest BCUT2D eigenvalue weighted by atomic mass is 10.1. The van der Waals surface area contributed by atoms with Crippen LogP contribution in [0.4, 0.5) is 0 Å². The van der Waals surface area contributed by atoms with Crippen LogP contribution in [0.1, 0.15) is 19.8 Å². The van der Waals surface area contributed by atoms with E-state index in [9.17, 15) is 4.79 Å². The molecule has 2 heterocycles. The minimum atomic E-state index is -0.0875. The van der Waals surface area contributed by atoms with Gasteiger partial charge >= 0.3 is 6.01 Å². The number of piperidine rings is 1. The molecule has 1 aromatic heterocycles. The fraction of sp³-hybridized carbons (Fsp3) is 0.615. The molecule has 2 rings (SSSR count). The van der Waals surface area contributed by atoms with Crippen LogP contribution < -0.4 is 4.74 Å². The summed E-state index contributed by atoms with van der Waals surface area (Å²) in [6, 6.07) is 0.290. The second-order valence-electron chi connectivity index (χ2n) is 4.54. The summed E-state index contributed by atoms with van der Waals surface area (Å²) in [5.41, 5.74) is 0. The summed E-state index contributed by atoms with van der Waals surface area (Å²) >= 11 is 5.72. The first-order chi connectivity index (χ1) is 9.69. The van der Waals surface area contributed by atoms with E-state index in [0.717, 1.165) is 19.4 Å². The number of hydrogen-bond donors (Lipinski definition) is 0. The molecule has 0 aliphatic carbocycles. The number of carbonyl (C=O) groups is 1. The second-order valence-corrected chi connectivity index (χ2v) is 4.98. The van der Waals surface area contributed by atoms with Crippen molar-refractivity contribution in [1.29, 1.82) is 0 Å². The molecule has 6 nitrogen and oxygen atoms in total. The Morgan fingerprint density at radius 3 is 2.95 bits per heavy atom. The lowest BCUT2D eigenvalue weighted by Crippen LogP contribution is -2.45. The van der Waals surface area contributed by atoms with Crippen LogP contribution in [0.15, 0.2) is 12.4 Å². The predicted molar refractivity (Wildman–Crippen MR) is 73.8 cm³/mol. The van der Waals surface area contributed by atoms with E-state index in [1.165, 1.54) is 12.4 Å². The van der Waals surface area contributed by atoms with Gasteiger partial charge in [-0.25, -0.2) is 9.97 Å². The molecule has 0 saturated carbocycles. The van der Waals surface area contributed by atoms with Gasteiger partial charge in [-0.15, -0.1) is 0 Å². The quantitative estimate of drug-likeness (QED) is 0.825. The normalized spacial score (nSPS) is 18.9. The van der Waals surface area contributed by atoms with E-state index in [0.29, 0.717) is 24.2 Å². The van der Waals surface area contributed by atoms with Gasteiger partial charge in [-0.1, -0.05) is 11.6 Å². The molecule has 1 aliphatic heterocycles. The molecule has 110 valence electrons. The molecule has 0 aromatic carbocycles. The Labute approximate surface area is 123 Å². The lowest BCUT2D eigenvalue weighted by molar-refractivity contribution is -0.138. The van der Waals surface area contributed by atoms with Gasteiger partial charge in [0.2, 0.25) is 5.91 Å². The zero-order chi connectivity index (χ0) is 14.4. The van der Waals surface area contributed by atoms with Crippen molar-refractivity contribution < 1.29 is 14.3 Å². The number of ether oxygens (including phenoxy) is 2. The van der Waals surface area contributed by atoms with E-state index in [-0.39, 0.29) is 18.6 Å². The highest BCUT2D eigenvalue weighted by Crippen LogP contribution is 2.16. The van der Waals surface area contributed by atoms with Crippen LogP contribution in [0.3, 0.4) is 0 Å². The Morgan fingerprint density at radius 1 is 1.50 bits per heavy atom. The van der Waals surface area contributed by atoms with Crippen LogP contribution in [0, 0.1) is 0 Å². The maximum absolute atomic E-state index is 11.9. The van der Waals surface area contributed by atoms with Gasteiger partial charge in [-0.3, -0.25) is 4.79 Å². The molecule has 1 saturated heterocycles. The summed E-state index contributed by atoms with van der Waals surface area (Å²) < 4.78 is 10.8. The predicted octanol–water partition coefficient (Wildman–Crippen LogP) is 1.54. The Hall–Kier alpha value is -1.40. The smallest absolute Gasteiger partial charge is 0.316 e. The molecular weight excluding hydrogens is 282 g/mol. The lowest BCUT2D eigenvalue weighted by Gasteiger charge is -2.32. The number of hydrogen-bond acceptors (Lipinski definition) is 5. The number of carbonyl (C=O) groups excluding carboxylic acids is 1. The summed E-state index contributed by atoms with van der Waals surface area (Å²) in [6.45, 7) is 3.82. The molecule has 7 heteroatoms. The first-order valence-corrected chi connectivity index (χ1v) is 7.06. The molecule has 0 bridgehead atoms. The third kappa shape index (κ3) is 4.31. The largest absolute Gasteiger partial charge is 0.458 e. The van der Waals surface area contributed by atoms with Gasteiger partial charge in [0.1, 0.15) is 12.7 Å². The van der Waals surface area contributed by atoms with Crippen molar-refractivity contribution >= 4 is 17.5 Å². The number of nitrogens with zero attached hydrogens (tertiary/aromatic N) is 3. The molecule has 0 N–H and O–H groups in total. The minimum Gasteiger partial charge on any atom is -0.458 e. The van der Waals surface area contributed by atoms with E-state index >= 15 is 0 Å². The van der Waals surface area contributed by atoms with Gasteiger partial charge < -0.3 is 14.4 Å². The van der Waals surface area contributed by atoms with Crippen LogP contribution in [-0.2, 0) is 9.53 Å². The summed E-state index contributed by atoms with van der Waals surface area (Å²) in [5, 5.41) is 0.467. The zero-order valence-corrected chi connectivity index (χ0v) is 12.2. The van der Waals surface area contributed by atoms with E-state index in [1.807, 2.05) is 6.92 Å². The fourth-order valence-corrected chi connectivity index (χ4v) is 2.15. The third-order valence-corrected chi connectivity index (χ3v) is 3.22. The highest BCUT2D eigenvalue weighted by molar-refractivity contribution is 6.30. The second kappa shape index (κ2) is 7.40. The van der Waals surface area contributed by atoms with Gasteiger partial charge in [0, 0.05) is 13.2 Å². The number of halogens is 1. The molecule has 1 aromatic rings. The van der Waals surface area contributed by atoms with Crippen molar-refractivity contribution in [3.63, 3.8) is 0 Å². The SMILES string of the molecule is CCOCC(=O)N1CCCC(Oc2ncc(Cl)cn2)C1. The molecule has 0 spiro atoms. The molecular formula is C13H18ClN3O3. The highest BCUT2D eigenvalue weighted by atomic mass is 35.5. The first-order valence-electron chi connectivity index (χ1n) is 6.68. The van der Waals surface area contributed by atoms with Crippen LogP contribution in [0.2, 0.25) is 5.02 Å². The van der Waals surface area contributed by atoms with Gasteiger partial charge in [0.05, 0.1) is 24.0 Å². The fourth-order valence-electron chi connectivity index (χ4n) is 2.05. The van der Waals surface area contributed by atoms with Crippen LogP contribution >= 0.6 is 11.6 Å². The topological polar surface area (TPSA) is 64.5 Å². The summed E-state index contributed by atoms with van der Waals surface area (Å²) in [6.07, 6.45) is 4.67. The van der Waals surface area contributed by atoms with Crippen LogP contribution in [-0.4, -0.2) is 53.2 Å². The third-order valence-electron chi connectivity index (χ3n) is 3.03. The van der Waals surface area contributed by atoms with Crippen LogP contribution in [0.25, 0.3) is 0 Å². The number of rotatable bonds is 5. The Bertz CT molecular complexity index is 441. The monoisotopic (exact) mass is 299 g/mol. The van der Waals surface area contributed by atoms with Gasteiger partial charge in [-0.05, 0) is 19.8 Å². The van der Waals surface area contributed by atoms with E-state index in [4.69, 9.17) is 21.1 Å². The van der Waals surface area contributed by atoms with Crippen molar-refractivity contribution in [2.75, 3.05) is 26.3 Å². The summed E-state index contributed by atoms with van der Waals surface area (Å²) in [7, 11) is 0. The standard InChI is InChI=1S/C13H18ClN3O3/c1-2-19-9-12(18)17-5-3-4-11(8-17)20-13-15-6-10(14)7-16-13/h6-7,11H,2-5,8-9H2,1H3. The number of aromatic nitrogens is 2. The molecule has 1 unspecified atom stereocenters. The molecule has 20 heavy (non-hydrogen) atoms. The Morgan fingerprint density at radius 2 is 2.25 bits per heavy atom. The summed E-state index contributed by atoms with van der Waals surface area (Å²) in [5.74, 6) is -0.00262. The van der Waals surface area contributed by atoms with E-state index in [1.54, 1.807) is 4.90 Å². The average molecular weight is 300 g/mol. The zero-order valence-electron chi connectivity index (χ0n) is 11.4. The number of amides is 1. The van der Waals surface area contributed by atoms with Crippen LogP contribution in [0.5, 0.6) is 6.01 Å². The van der Waals surface area contributed by atoms with Crippen molar-refractivity contribution in [2.24, 2.45) is 0 Å². The van der Waals surface area contributed by atoms with Gasteiger partial charge in [0.15, 0.2) is 0 Å². The van der Waals surface area contributed by atoms with Crippen molar-refractivity contribution in [3.8, 4) is 6.01 Å².